The van der Waals surface area contributed by atoms with E-state index < -0.39 is 5.56 Å². The van der Waals surface area contributed by atoms with Crippen molar-refractivity contribution in [2.75, 3.05) is 13.2 Å². The summed E-state index contributed by atoms with van der Waals surface area (Å²) in [6.45, 7) is 0.743. The van der Waals surface area contributed by atoms with Crippen molar-refractivity contribution >= 4 is 23.4 Å². The first-order valence-electron chi connectivity index (χ1n) is 8.34. The quantitative estimate of drug-likeness (QED) is 0.613. The zero-order valence-corrected chi connectivity index (χ0v) is 13.7. The van der Waals surface area contributed by atoms with Crippen LogP contribution in [-0.2, 0) is 4.74 Å². The highest BCUT2D eigenvalue weighted by Crippen LogP contribution is 2.48. The lowest BCUT2D eigenvalue weighted by Crippen LogP contribution is -2.36. The summed E-state index contributed by atoms with van der Waals surface area (Å²) in [5.41, 5.74) is 0.264. The number of nitrogens with zero attached hydrogens (tertiary/aromatic N) is 1. The van der Waals surface area contributed by atoms with Crippen molar-refractivity contribution in [1.29, 1.82) is 0 Å². The van der Waals surface area contributed by atoms with Crippen molar-refractivity contribution in [2.45, 2.75) is 31.2 Å². The van der Waals surface area contributed by atoms with Crippen LogP contribution in [0.15, 0.2) is 24.3 Å². The Kier molecular flexibility index (Phi) is 3.90. The summed E-state index contributed by atoms with van der Waals surface area (Å²) < 4.78 is 5.76. The Morgan fingerprint density at radius 1 is 1.13 bits per heavy atom. The molecule has 0 N–H and O–H groups in total. The second-order valence-corrected chi connectivity index (χ2v) is 7.43. The van der Waals surface area contributed by atoms with Gasteiger partial charge in [0.15, 0.2) is 0 Å². The molecule has 1 heterocycles. The Morgan fingerprint density at radius 2 is 1.83 bits per heavy atom. The Bertz CT molecular complexity index is 612. The highest BCUT2D eigenvalue weighted by Gasteiger charge is 2.40. The number of benzene rings is 1. The minimum Gasteiger partial charge on any atom is -0.360 e. The molecule has 5 heteroatoms. The first-order chi connectivity index (χ1) is 11.1. The van der Waals surface area contributed by atoms with Gasteiger partial charge in [-0.2, -0.15) is 0 Å². The fourth-order valence-corrected chi connectivity index (χ4v) is 4.62. The molecule has 23 heavy (non-hydrogen) atoms. The van der Waals surface area contributed by atoms with Gasteiger partial charge in [0.25, 0.3) is 11.8 Å². The topological polar surface area (TPSA) is 46.6 Å². The van der Waals surface area contributed by atoms with Crippen LogP contribution in [0.5, 0.6) is 0 Å². The van der Waals surface area contributed by atoms with Gasteiger partial charge in [-0.1, -0.05) is 30.2 Å². The third kappa shape index (κ3) is 2.68. The first kappa shape index (κ1) is 15.2. The van der Waals surface area contributed by atoms with Gasteiger partial charge in [-0.15, -0.1) is 0 Å². The molecule has 122 valence electrons. The lowest BCUT2D eigenvalue weighted by atomic mass is 9.90. The van der Waals surface area contributed by atoms with Crippen molar-refractivity contribution in [1.82, 2.24) is 4.90 Å². The maximum absolute atomic E-state index is 12.3. The molecule has 4 nitrogen and oxygen atoms in total. The molecule has 2 fully saturated rings. The number of ether oxygens (including phenoxy) is 1. The van der Waals surface area contributed by atoms with E-state index >= 15 is 0 Å². The van der Waals surface area contributed by atoms with Gasteiger partial charge in [-0.3, -0.25) is 14.5 Å². The van der Waals surface area contributed by atoms with E-state index in [1.54, 1.807) is 24.3 Å². The van der Waals surface area contributed by atoms with E-state index in [4.69, 9.17) is 16.3 Å². The van der Waals surface area contributed by atoms with Crippen LogP contribution < -0.4 is 0 Å². The van der Waals surface area contributed by atoms with Gasteiger partial charge < -0.3 is 4.74 Å². The molecule has 2 saturated carbocycles. The van der Waals surface area contributed by atoms with E-state index in [9.17, 15) is 9.59 Å². The van der Waals surface area contributed by atoms with Gasteiger partial charge in [-0.05, 0) is 49.1 Å². The van der Waals surface area contributed by atoms with Crippen LogP contribution in [-0.4, -0.2) is 35.4 Å². The highest BCUT2D eigenvalue weighted by molar-refractivity contribution is 6.23. The SMILES string of the molecule is O=C1c2ccccc2C(=O)N1CC(Cl)OCC1CC2CCC1C2. The summed E-state index contributed by atoms with van der Waals surface area (Å²) in [5, 5.41) is 0. The maximum atomic E-state index is 12.3. The van der Waals surface area contributed by atoms with E-state index in [-0.39, 0.29) is 18.4 Å². The van der Waals surface area contributed by atoms with Gasteiger partial charge >= 0.3 is 0 Å². The fraction of sp³-hybridized carbons (Fsp3) is 0.556. The molecular weight excluding hydrogens is 314 g/mol. The van der Waals surface area contributed by atoms with Crippen molar-refractivity contribution in [3.8, 4) is 0 Å². The number of hydrogen-bond acceptors (Lipinski definition) is 3. The van der Waals surface area contributed by atoms with Crippen LogP contribution in [0.2, 0.25) is 0 Å². The summed E-state index contributed by atoms with van der Waals surface area (Å²) in [4.78, 5) is 25.8. The van der Waals surface area contributed by atoms with Crippen LogP contribution in [0.1, 0.15) is 46.4 Å². The van der Waals surface area contributed by atoms with Gasteiger partial charge in [0, 0.05) is 0 Å². The number of halogens is 1. The molecule has 4 unspecified atom stereocenters. The van der Waals surface area contributed by atoms with E-state index in [0.29, 0.717) is 23.7 Å². The number of imide groups is 1. The van der Waals surface area contributed by atoms with Crippen LogP contribution >= 0.6 is 11.6 Å². The van der Waals surface area contributed by atoms with Crippen molar-refractivity contribution < 1.29 is 14.3 Å². The molecule has 2 aliphatic carbocycles. The molecule has 3 aliphatic rings. The average molecular weight is 334 g/mol. The summed E-state index contributed by atoms with van der Waals surface area (Å²) in [7, 11) is 0. The number of carbonyl (C=O) groups is 2. The Labute approximate surface area is 140 Å². The van der Waals surface area contributed by atoms with Crippen LogP contribution in [0.3, 0.4) is 0 Å². The highest BCUT2D eigenvalue weighted by atomic mass is 35.5. The van der Waals surface area contributed by atoms with Gasteiger partial charge in [0.05, 0.1) is 24.3 Å². The van der Waals surface area contributed by atoms with Crippen LogP contribution in [0.25, 0.3) is 0 Å². The molecule has 4 atom stereocenters. The number of carbonyl (C=O) groups excluding carboxylic acids is 2. The lowest BCUT2D eigenvalue weighted by Gasteiger charge is -2.24. The Hall–Kier alpha value is -1.39. The third-order valence-electron chi connectivity index (χ3n) is 5.58. The molecule has 1 aromatic rings. The third-order valence-corrected chi connectivity index (χ3v) is 5.84. The smallest absolute Gasteiger partial charge is 0.261 e. The number of amides is 2. The summed E-state index contributed by atoms with van der Waals surface area (Å²) in [6, 6.07) is 6.87. The maximum Gasteiger partial charge on any atom is 0.261 e. The Balaban J connectivity index is 1.33. The second kappa shape index (κ2) is 5.91. The number of alkyl halides is 1. The van der Waals surface area contributed by atoms with Gasteiger partial charge in [0.2, 0.25) is 0 Å². The van der Waals surface area contributed by atoms with Crippen LogP contribution in [0.4, 0.5) is 0 Å². The van der Waals surface area contributed by atoms with E-state index in [0.717, 1.165) is 11.8 Å². The molecule has 0 radical (unpaired) electrons. The molecule has 2 bridgehead atoms. The molecule has 0 saturated heterocycles. The van der Waals surface area contributed by atoms with E-state index in [2.05, 4.69) is 0 Å². The molecule has 0 spiro atoms. The molecular formula is C18H20ClNO3. The van der Waals surface area contributed by atoms with E-state index in [1.807, 2.05) is 0 Å². The monoisotopic (exact) mass is 333 g/mol. The van der Waals surface area contributed by atoms with Crippen molar-refractivity contribution in [3.63, 3.8) is 0 Å². The zero-order chi connectivity index (χ0) is 16.0. The number of hydrogen-bond donors (Lipinski definition) is 0. The zero-order valence-electron chi connectivity index (χ0n) is 12.9. The molecule has 0 aromatic heterocycles. The summed E-state index contributed by atoms with van der Waals surface area (Å²) in [6.07, 6.45) is 5.24. The second-order valence-electron chi connectivity index (χ2n) is 6.94. The minimum atomic E-state index is -0.642. The number of rotatable bonds is 5. The predicted octanol–water partition coefficient (Wildman–Crippen LogP) is 3.30. The normalized spacial score (nSPS) is 30.1. The van der Waals surface area contributed by atoms with Crippen LogP contribution in [0, 0.1) is 17.8 Å². The average Bonchev–Trinajstić information content (AvgIpc) is 3.24. The number of fused-ring (bicyclic) bond motifs is 3. The Morgan fingerprint density at radius 3 is 2.39 bits per heavy atom. The van der Waals surface area contributed by atoms with Gasteiger partial charge in [-0.25, -0.2) is 0 Å². The minimum absolute atomic E-state index is 0.106. The molecule has 4 rings (SSSR count). The first-order valence-corrected chi connectivity index (χ1v) is 8.78. The largest absolute Gasteiger partial charge is 0.360 e. The summed E-state index contributed by atoms with van der Waals surface area (Å²) >= 11 is 6.25. The van der Waals surface area contributed by atoms with Crippen molar-refractivity contribution in [2.24, 2.45) is 17.8 Å². The fourth-order valence-electron chi connectivity index (χ4n) is 4.41. The van der Waals surface area contributed by atoms with E-state index in [1.165, 1.54) is 30.6 Å². The van der Waals surface area contributed by atoms with Gasteiger partial charge in [0.1, 0.15) is 5.56 Å². The molecule has 1 aromatic carbocycles. The molecule has 2 amide bonds. The molecule has 1 aliphatic heterocycles. The standard InChI is InChI=1S/C18H20ClNO3/c19-16(23-10-13-8-11-5-6-12(13)7-11)9-20-17(21)14-3-1-2-4-15(14)18(20)22/h1-4,11-13,16H,5-10H2. The lowest BCUT2D eigenvalue weighted by molar-refractivity contribution is 0.0339. The van der Waals surface area contributed by atoms with Crippen molar-refractivity contribution in [3.05, 3.63) is 35.4 Å². The summed E-state index contributed by atoms with van der Waals surface area (Å²) in [5.74, 6) is 1.69. The predicted molar refractivity (Wildman–Crippen MR) is 86.3 cm³/mol.